The number of amides is 2. The van der Waals surface area contributed by atoms with E-state index < -0.39 is 0 Å². The second-order valence-corrected chi connectivity index (χ2v) is 8.10. The molecule has 0 aromatic heterocycles. The summed E-state index contributed by atoms with van der Waals surface area (Å²) in [5, 5.41) is 6.17. The second-order valence-electron chi connectivity index (χ2n) is 7.08. The van der Waals surface area contributed by atoms with Crippen LogP contribution < -0.4 is 10.6 Å². The fourth-order valence-corrected chi connectivity index (χ4v) is 4.16. The number of benzene rings is 2. The molecule has 2 aromatic carbocycles. The van der Waals surface area contributed by atoms with Gasteiger partial charge >= 0.3 is 0 Å². The average Bonchev–Trinajstić information content (AvgIpc) is 2.73. The Balaban J connectivity index is 0.00000300. The Morgan fingerprint density at radius 1 is 1.14 bits per heavy atom. The van der Waals surface area contributed by atoms with Crippen LogP contribution in [0, 0.1) is 6.92 Å². The van der Waals surface area contributed by atoms with Crippen LogP contribution >= 0.6 is 24.2 Å². The Kier molecular flexibility index (Phi) is 9.01. The molecule has 2 aromatic rings. The third-order valence-electron chi connectivity index (χ3n) is 4.93. The molecule has 0 bridgehead atoms. The normalized spacial score (nSPS) is 16.1. The smallest absolute Gasteiger partial charge is 0.255 e. The number of nitrogens with zero attached hydrogens (tertiary/aromatic N) is 1. The minimum absolute atomic E-state index is 0. The molecule has 29 heavy (non-hydrogen) atoms. The predicted molar refractivity (Wildman–Crippen MR) is 122 cm³/mol. The van der Waals surface area contributed by atoms with Crippen LogP contribution in [0.5, 0.6) is 0 Å². The third kappa shape index (κ3) is 6.49. The fraction of sp³-hybridized carbons (Fsp3) is 0.364. The molecule has 0 spiro atoms. The zero-order valence-corrected chi connectivity index (χ0v) is 18.4. The van der Waals surface area contributed by atoms with Crippen LogP contribution in [0.2, 0.25) is 0 Å². The Morgan fingerprint density at radius 2 is 1.86 bits per heavy atom. The molecule has 0 aliphatic carbocycles. The summed E-state index contributed by atoms with van der Waals surface area (Å²) in [5.74, 6) is 0.225. The van der Waals surface area contributed by atoms with E-state index in [4.69, 9.17) is 0 Å². The molecule has 1 saturated heterocycles. The van der Waals surface area contributed by atoms with Gasteiger partial charge in [-0.25, -0.2) is 0 Å². The molecule has 1 heterocycles. The van der Waals surface area contributed by atoms with Gasteiger partial charge in [0.05, 0.1) is 11.3 Å². The summed E-state index contributed by atoms with van der Waals surface area (Å²) in [4.78, 5) is 28.1. The Bertz CT molecular complexity index is 829. The first-order chi connectivity index (χ1) is 13.6. The molecule has 1 unspecified atom stereocenters. The number of carbonyl (C=O) groups is 2. The fourth-order valence-electron chi connectivity index (χ4n) is 3.31. The summed E-state index contributed by atoms with van der Waals surface area (Å²) in [6.07, 6.45) is 2.10. The number of likely N-dealkylation sites (N-methyl/N-ethyl adjacent to an activating group) is 1. The maximum Gasteiger partial charge on any atom is 0.255 e. The van der Waals surface area contributed by atoms with E-state index in [0.717, 1.165) is 42.1 Å². The molecule has 1 fully saturated rings. The van der Waals surface area contributed by atoms with Gasteiger partial charge in [-0.2, -0.15) is 0 Å². The van der Waals surface area contributed by atoms with E-state index in [0.29, 0.717) is 11.6 Å². The topological polar surface area (TPSA) is 61.4 Å². The van der Waals surface area contributed by atoms with Gasteiger partial charge in [-0.15, -0.1) is 24.2 Å². The van der Waals surface area contributed by atoms with E-state index in [-0.39, 0.29) is 30.0 Å². The maximum absolute atomic E-state index is 13.0. The first-order valence-electron chi connectivity index (χ1n) is 9.61. The lowest BCUT2D eigenvalue weighted by Crippen LogP contribution is -2.47. The molecular weight excluding hydrogens is 406 g/mol. The number of nitrogens with one attached hydrogen (secondary N) is 2. The molecule has 1 atom stereocenters. The number of likely N-dealkylation sites (tertiary alicyclic amines) is 1. The molecule has 3 rings (SSSR count). The number of hydrogen-bond donors (Lipinski definition) is 2. The number of aryl methyl sites for hydroxylation is 1. The van der Waals surface area contributed by atoms with Gasteiger partial charge < -0.3 is 15.5 Å². The van der Waals surface area contributed by atoms with Crippen molar-refractivity contribution in [3.63, 3.8) is 0 Å². The average molecular weight is 434 g/mol. The standard InChI is InChI=1S/C22H27N3O2S.ClH/c1-16-9-11-17(12-10-16)24-21(26)15-28-20-8-4-3-7-19(20)22(27)25-13-5-6-18(14-25)23-2;/h3-4,7-12,18,23H,5-6,13-15H2,1-2H3,(H,24,26);1H. The minimum atomic E-state index is -0.0793. The van der Waals surface area contributed by atoms with Gasteiger partial charge in [0.2, 0.25) is 5.91 Å². The zero-order valence-electron chi connectivity index (χ0n) is 16.8. The number of halogens is 1. The SMILES string of the molecule is CNC1CCCN(C(=O)c2ccccc2SCC(=O)Nc2ccc(C)cc2)C1.Cl. The first kappa shape index (κ1) is 23.3. The second kappa shape index (κ2) is 11.2. The number of anilines is 1. The number of hydrogen-bond acceptors (Lipinski definition) is 4. The third-order valence-corrected chi connectivity index (χ3v) is 6.00. The van der Waals surface area contributed by atoms with Crippen molar-refractivity contribution in [1.82, 2.24) is 10.2 Å². The molecule has 0 saturated carbocycles. The van der Waals surface area contributed by atoms with Gasteiger partial charge in [0.25, 0.3) is 5.91 Å². The van der Waals surface area contributed by atoms with Crippen molar-refractivity contribution < 1.29 is 9.59 Å². The summed E-state index contributed by atoms with van der Waals surface area (Å²) in [7, 11) is 1.94. The molecule has 7 heteroatoms. The van der Waals surface area contributed by atoms with Crippen LogP contribution in [0.3, 0.4) is 0 Å². The van der Waals surface area contributed by atoms with E-state index in [1.807, 2.05) is 67.4 Å². The van der Waals surface area contributed by atoms with Gasteiger partial charge in [0.15, 0.2) is 0 Å². The lowest BCUT2D eigenvalue weighted by Gasteiger charge is -2.33. The molecule has 1 aliphatic rings. The first-order valence-corrected chi connectivity index (χ1v) is 10.6. The van der Waals surface area contributed by atoms with Crippen molar-refractivity contribution in [3.8, 4) is 0 Å². The monoisotopic (exact) mass is 433 g/mol. The maximum atomic E-state index is 13.0. The van der Waals surface area contributed by atoms with Crippen molar-refractivity contribution >= 4 is 41.7 Å². The van der Waals surface area contributed by atoms with Crippen LogP contribution in [0.25, 0.3) is 0 Å². The van der Waals surface area contributed by atoms with E-state index in [2.05, 4.69) is 10.6 Å². The largest absolute Gasteiger partial charge is 0.337 e. The lowest BCUT2D eigenvalue weighted by molar-refractivity contribution is -0.113. The molecule has 5 nitrogen and oxygen atoms in total. The van der Waals surface area contributed by atoms with E-state index in [1.54, 1.807) is 0 Å². The van der Waals surface area contributed by atoms with Gasteiger partial charge in [0.1, 0.15) is 0 Å². The molecule has 1 aliphatic heterocycles. The Labute approximate surface area is 183 Å². The summed E-state index contributed by atoms with van der Waals surface area (Å²) in [6.45, 7) is 3.52. The van der Waals surface area contributed by atoms with E-state index in [1.165, 1.54) is 11.8 Å². The summed E-state index contributed by atoms with van der Waals surface area (Å²) in [6, 6.07) is 15.6. The highest BCUT2D eigenvalue weighted by atomic mass is 35.5. The Morgan fingerprint density at radius 3 is 2.59 bits per heavy atom. The quantitative estimate of drug-likeness (QED) is 0.676. The van der Waals surface area contributed by atoms with E-state index >= 15 is 0 Å². The molecule has 0 radical (unpaired) electrons. The summed E-state index contributed by atoms with van der Waals surface area (Å²) < 4.78 is 0. The highest BCUT2D eigenvalue weighted by Gasteiger charge is 2.25. The zero-order chi connectivity index (χ0) is 19.9. The number of carbonyl (C=O) groups excluding carboxylic acids is 2. The number of thioether (sulfide) groups is 1. The minimum Gasteiger partial charge on any atom is -0.337 e. The Hall–Kier alpha value is -2.02. The van der Waals surface area contributed by atoms with Crippen LogP contribution in [0.1, 0.15) is 28.8 Å². The van der Waals surface area contributed by atoms with Crippen LogP contribution in [-0.4, -0.2) is 48.6 Å². The predicted octanol–water partition coefficient (Wildman–Crippen LogP) is 3.97. The lowest BCUT2D eigenvalue weighted by atomic mass is 10.0. The van der Waals surface area contributed by atoms with Crippen LogP contribution in [0.4, 0.5) is 5.69 Å². The van der Waals surface area contributed by atoms with Gasteiger partial charge in [-0.3, -0.25) is 9.59 Å². The molecule has 156 valence electrons. The molecule has 2 amide bonds. The van der Waals surface area contributed by atoms with Crippen molar-refractivity contribution in [2.24, 2.45) is 0 Å². The van der Waals surface area contributed by atoms with Crippen molar-refractivity contribution in [2.75, 3.05) is 31.2 Å². The highest BCUT2D eigenvalue weighted by molar-refractivity contribution is 8.00. The highest BCUT2D eigenvalue weighted by Crippen LogP contribution is 2.25. The van der Waals surface area contributed by atoms with E-state index in [9.17, 15) is 9.59 Å². The van der Waals surface area contributed by atoms with Crippen molar-refractivity contribution in [3.05, 3.63) is 59.7 Å². The van der Waals surface area contributed by atoms with Crippen molar-refractivity contribution in [1.29, 1.82) is 0 Å². The van der Waals surface area contributed by atoms with Gasteiger partial charge in [0, 0.05) is 29.7 Å². The molecular formula is C22H28ClN3O2S. The van der Waals surface area contributed by atoms with Crippen LogP contribution in [0.15, 0.2) is 53.4 Å². The van der Waals surface area contributed by atoms with Gasteiger partial charge in [-0.05, 0) is 51.1 Å². The van der Waals surface area contributed by atoms with Crippen LogP contribution in [-0.2, 0) is 4.79 Å². The summed E-state index contributed by atoms with van der Waals surface area (Å²) >= 11 is 1.40. The number of piperidine rings is 1. The van der Waals surface area contributed by atoms with Gasteiger partial charge in [-0.1, -0.05) is 29.8 Å². The van der Waals surface area contributed by atoms with Crippen molar-refractivity contribution in [2.45, 2.75) is 30.7 Å². The number of rotatable bonds is 6. The molecule has 2 N–H and O–H groups in total. The summed E-state index contributed by atoms with van der Waals surface area (Å²) in [5.41, 5.74) is 2.61.